The predicted octanol–water partition coefficient (Wildman–Crippen LogP) is 3.31. The minimum atomic E-state index is 0.849. The van der Waals surface area contributed by atoms with E-state index in [-0.39, 0.29) is 0 Å². The van der Waals surface area contributed by atoms with Gasteiger partial charge in [-0.1, -0.05) is 17.8 Å². The van der Waals surface area contributed by atoms with Crippen molar-refractivity contribution in [1.82, 2.24) is 15.0 Å². The molecule has 3 nitrogen and oxygen atoms in total. The Hall–Kier alpha value is -1.33. The Morgan fingerprint density at radius 3 is 3.12 bits per heavy atom. The van der Waals surface area contributed by atoms with Gasteiger partial charge in [-0.15, -0.1) is 11.3 Å². The van der Waals surface area contributed by atoms with Crippen molar-refractivity contribution in [3.05, 3.63) is 41.5 Å². The maximum atomic E-state index is 4.49. The van der Waals surface area contributed by atoms with Crippen molar-refractivity contribution in [2.24, 2.45) is 0 Å². The van der Waals surface area contributed by atoms with Crippen LogP contribution in [0.3, 0.4) is 0 Å². The lowest BCUT2D eigenvalue weighted by Crippen LogP contribution is -1.85. The van der Waals surface area contributed by atoms with Gasteiger partial charge in [-0.05, 0) is 23.6 Å². The fourth-order valence-corrected chi connectivity index (χ4v) is 2.99. The van der Waals surface area contributed by atoms with Gasteiger partial charge in [0.15, 0.2) is 5.16 Å². The molecule has 0 spiro atoms. The number of H-pyrrole nitrogens is 1. The lowest BCUT2D eigenvalue weighted by Gasteiger charge is -1.96. The molecular weight excluding hydrogens is 238 g/mol. The summed E-state index contributed by atoms with van der Waals surface area (Å²) in [4.78, 5) is 13.1. The van der Waals surface area contributed by atoms with Crippen LogP contribution in [0.4, 0.5) is 0 Å². The van der Waals surface area contributed by atoms with Crippen molar-refractivity contribution in [3.8, 4) is 0 Å². The van der Waals surface area contributed by atoms with Gasteiger partial charge in [0.2, 0.25) is 0 Å². The van der Waals surface area contributed by atoms with E-state index in [1.165, 1.54) is 0 Å². The average Bonchev–Trinajstić information content (AvgIpc) is 2.88. The summed E-state index contributed by atoms with van der Waals surface area (Å²) < 4.78 is 0. The number of thiophene rings is 1. The molecule has 3 rings (SSSR count). The standard InChI is InChI=1S/C11H9N3S2/c1-2-5-12-8(3-1)7-16-11-13-9-4-6-15-10(9)14-11/h1-6H,7H2,(H,13,14). The first kappa shape index (κ1) is 9.86. The topological polar surface area (TPSA) is 41.6 Å². The van der Waals surface area contributed by atoms with Crippen LogP contribution in [-0.4, -0.2) is 15.0 Å². The van der Waals surface area contributed by atoms with Gasteiger partial charge in [0.1, 0.15) is 4.83 Å². The van der Waals surface area contributed by atoms with E-state index in [1.807, 2.05) is 29.8 Å². The van der Waals surface area contributed by atoms with E-state index >= 15 is 0 Å². The summed E-state index contributed by atoms with van der Waals surface area (Å²) in [7, 11) is 0. The van der Waals surface area contributed by atoms with E-state index in [2.05, 4.69) is 21.0 Å². The van der Waals surface area contributed by atoms with Crippen LogP contribution in [0, 0.1) is 0 Å². The van der Waals surface area contributed by atoms with Gasteiger partial charge in [0, 0.05) is 11.9 Å². The first-order chi connectivity index (χ1) is 7.92. The minimum absolute atomic E-state index is 0.849. The highest BCUT2D eigenvalue weighted by Crippen LogP contribution is 2.24. The first-order valence-electron chi connectivity index (χ1n) is 4.88. The SMILES string of the molecule is c1ccc(CSc2nc3sccc3[nH]2)nc1. The molecule has 0 aliphatic carbocycles. The third-order valence-electron chi connectivity index (χ3n) is 2.17. The largest absolute Gasteiger partial charge is 0.332 e. The van der Waals surface area contributed by atoms with Gasteiger partial charge < -0.3 is 4.98 Å². The second-order valence-corrected chi connectivity index (χ2v) is 5.15. The van der Waals surface area contributed by atoms with Crippen molar-refractivity contribution >= 4 is 33.4 Å². The maximum Gasteiger partial charge on any atom is 0.167 e. The quantitative estimate of drug-likeness (QED) is 0.722. The molecule has 3 aromatic rings. The Bertz CT molecular complexity index is 557. The number of nitrogens with zero attached hydrogens (tertiary/aromatic N) is 2. The molecule has 0 aromatic carbocycles. The molecule has 0 unspecified atom stereocenters. The van der Waals surface area contributed by atoms with Gasteiger partial charge >= 0.3 is 0 Å². The fraction of sp³-hybridized carbons (Fsp3) is 0.0909. The highest BCUT2D eigenvalue weighted by atomic mass is 32.2. The Kier molecular flexibility index (Phi) is 2.63. The smallest absolute Gasteiger partial charge is 0.167 e. The number of imidazole rings is 1. The monoisotopic (exact) mass is 247 g/mol. The molecule has 0 bridgehead atoms. The van der Waals surface area contributed by atoms with E-state index in [4.69, 9.17) is 0 Å². The van der Waals surface area contributed by atoms with Gasteiger partial charge in [-0.25, -0.2) is 4.98 Å². The summed E-state index contributed by atoms with van der Waals surface area (Å²) >= 11 is 3.34. The van der Waals surface area contributed by atoms with Crippen LogP contribution in [0.15, 0.2) is 41.0 Å². The number of thioether (sulfide) groups is 1. The zero-order valence-corrected chi connectivity index (χ0v) is 10.0. The highest BCUT2D eigenvalue weighted by molar-refractivity contribution is 7.98. The third-order valence-corrected chi connectivity index (χ3v) is 3.89. The maximum absolute atomic E-state index is 4.49. The van der Waals surface area contributed by atoms with E-state index in [0.717, 1.165) is 27.0 Å². The van der Waals surface area contributed by atoms with Crippen molar-refractivity contribution < 1.29 is 0 Å². The van der Waals surface area contributed by atoms with E-state index < -0.39 is 0 Å². The van der Waals surface area contributed by atoms with E-state index in [0.29, 0.717) is 0 Å². The lowest BCUT2D eigenvalue weighted by molar-refractivity contribution is 1.07. The second-order valence-electron chi connectivity index (χ2n) is 3.29. The van der Waals surface area contributed by atoms with Gasteiger partial charge in [0.25, 0.3) is 0 Å². The Balaban J connectivity index is 1.74. The molecule has 3 heterocycles. The third kappa shape index (κ3) is 1.96. The summed E-state index contributed by atoms with van der Waals surface area (Å²) in [6.45, 7) is 0. The Morgan fingerprint density at radius 2 is 2.31 bits per heavy atom. The van der Waals surface area contributed by atoms with Crippen LogP contribution in [0.25, 0.3) is 10.3 Å². The van der Waals surface area contributed by atoms with E-state index in [9.17, 15) is 0 Å². The first-order valence-corrected chi connectivity index (χ1v) is 6.74. The van der Waals surface area contributed by atoms with Gasteiger partial charge in [-0.3, -0.25) is 4.98 Å². The number of pyridine rings is 1. The van der Waals surface area contributed by atoms with Crippen molar-refractivity contribution in [2.75, 3.05) is 0 Å². The summed E-state index contributed by atoms with van der Waals surface area (Å²) in [6, 6.07) is 8.01. The van der Waals surface area contributed by atoms with Crippen LogP contribution in [-0.2, 0) is 5.75 Å². The molecule has 5 heteroatoms. The number of hydrogen-bond acceptors (Lipinski definition) is 4. The van der Waals surface area contributed by atoms with E-state index in [1.54, 1.807) is 23.1 Å². The molecule has 0 atom stereocenters. The lowest BCUT2D eigenvalue weighted by atomic mass is 10.4. The summed E-state index contributed by atoms with van der Waals surface area (Å²) in [6.07, 6.45) is 1.82. The van der Waals surface area contributed by atoms with Crippen molar-refractivity contribution in [3.63, 3.8) is 0 Å². The summed E-state index contributed by atoms with van der Waals surface area (Å²) in [5.41, 5.74) is 2.20. The average molecular weight is 247 g/mol. The Labute approximate surface area is 101 Å². The molecule has 0 amide bonds. The van der Waals surface area contributed by atoms with Crippen molar-refractivity contribution in [1.29, 1.82) is 0 Å². The summed E-state index contributed by atoms with van der Waals surface area (Å²) in [5.74, 6) is 0.849. The highest BCUT2D eigenvalue weighted by Gasteiger charge is 2.04. The Morgan fingerprint density at radius 1 is 1.31 bits per heavy atom. The summed E-state index contributed by atoms with van der Waals surface area (Å²) in [5, 5.41) is 3.01. The van der Waals surface area contributed by atoms with Gasteiger partial charge in [-0.2, -0.15) is 0 Å². The molecular formula is C11H9N3S2. The molecule has 80 valence electrons. The molecule has 1 N–H and O–H groups in total. The van der Waals surface area contributed by atoms with Crippen LogP contribution < -0.4 is 0 Å². The molecule has 0 saturated carbocycles. The number of aromatic nitrogens is 3. The fourth-order valence-electron chi connectivity index (χ4n) is 1.41. The predicted molar refractivity (Wildman–Crippen MR) is 67.8 cm³/mol. The molecule has 0 saturated heterocycles. The molecule has 0 aliphatic heterocycles. The number of hydrogen-bond donors (Lipinski definition) is 1. The number of nitrogens with one attached hydrogen (secondary N) is 1. The molecule has 3 aromatic heterocycles. The number of rotatable bonds is 3. The normalized spacial score (nSPS) is 11.0. The zero-order valence-electron chi connectivity index (χ0n) is 8.38. The molecule has 0 radical (unpaired) electrons. The number of aromatic amines is 1. The second kappa shape index (κ2) is 4.27. The van der Waals surface area contributed by atoms with Gasteiger partial charge in [0.05, 0.1) is 11.2 Å². The minimum Gasteiger partial charge on any atom is -0.332 e. The van der Waals surface area contributed by atoms with Crippen molar-refractivity contribution in [2.45, 2.75) is 10.9 Å². The van der Waals surface area contributed by atoms with Crippen LogP contribution in [0.2, 0.25) is 0 Å². The zero-order chi connectivity index (χ0) is 10.8. The van der Waals surface area contributed by atoms with Crippen LogP contribution in [0.5, 0.6) is 0 Å². The number of fused-ring (bicyclic) bond motifs is 1. The molecule has 16 heavy (non-hydrogen) atoms. The van der Waals surface area contributed by atoms with Crippen LogP contribution >= 0.6 is 23.1 Å². The molecule has 0 aliphatic rings. The molecule has 0 fully saturated rings. The van der Waals surface area contributed by atoms with Crippen LogP contribution in [0.1, 0.15) is 5.69 Å².